The maximum absolute atomic E-state index is 6.26. The van der Waals surface area contributed by atoms with Gasteiger partial charge in [0.25, 0.3) is 0 Å². The number of nitrogens with zero attached hydrogens (tertiary/aromatic N) is 2. The molecule has 0 aliphatic carbocycles. The van der Waals surface area contributed by atoms with E-state index in [0.29, 0.717) is 5.92 Å². The van der Waals surface area contributed by atoms with Crippen molar-refractivity contribution in [2.45, 2.75) is 26.8 Å². The Hall–Kier alpha value is -1.39. The van der Waals surface area contributed by atoms with E-state index < -0.39 is 0 Å². The minimum absolute atomic E-state index is 0.712. The van der Waals surface area contributed by atoms with Crippen LogP contribution < -0.4 is 5.73 Å². The third-order valence-electron chi connectivity index (χ3n) is 3.71. The molecule has 20 heavy (non-hydrogen) atoms. The van der Waals surface area contributed by atoms with Gasteiger partial charge in [-0.2, -0.15) is 0 Å². The highest BCUT2D eigenvalue weighted by atomic mass is 32.1. The number of hydrogen-bond donors (Lipinski definition) is 1. The molecule has 0 fully saturated rings. The van der Waals surface area contributed by atoms with Crippen molar-refractivity contribution in [3.05, 3.63) is 34.8 Å². The summed E-state index contributed by atoms with van der Waals surface area (Å²) in [5.41, 5.74) is 9.87. The molecule has 1 aliphatic rings. The molecule has 0 radical (unpaired) electrons. The zero-order valence-electron chi connectivity index (χ0n) is 12.1. The normalized spacial score (nSPS) is 15.6. The van der Waals surface area contributed by atoms with Crippen LogP contribution in [0.5, 0.6) is 0 Å². The second-order valence-corrected chi connectivity index (χ2v) is 6.97. The van der Waals surface area contributed by atoms with Crippen molar-refractivity contribution in [3.63, 3.8) is 0 Å². The number of aromatic nitrogens is 1. The van der Waals surface area contributed by atoms with Crippen molar-refractivity contribution in [2.24, 2.45) is 5.92 Å². The number of nitrogen functional groups attached to an aromatic ring is 1. The Labute approximate surface area is 124 Å². The van der Waals surface area contributed by atoms with E-state index in [4.69, 9.17) is 5.73 Å². The number of thiophene rings is 1. The Kier molecular flexibility index (Phi) is 3.76. The Morgan fingerprint density at radius 3 is 2.95 bits per heavy atom. The molecule has 0 bridgehead atoms. The van der Waals surface area contributed by atoms with Crippen LogP contribution in [0.15, 0.2) is 24.4 Å². The van der Waals surface area contributed by atoms with Crippen LogP contribution >= 0.6 is 11.3 Å². The summed E-state index contributed by atoms with van der Waals surface area (Å²) in [5.74, 6) is 0.712. The van der Waals surface area contributed by atoms with Crippen LogP contribution in [-0.2, 0) is 13.0 Å². The van der Waals surface area contributed by atoms with Crippen LogP contribution in [0.25, 0.3) is 11.3 Å². The van der Waals surface area contributed by atoms with E-state index in [2.05, 4.69) is 29.8 Å². The second kappa shape index (κ2) is 5.54. The van der Waals surface area contributed by atoms with Crippen molar-refractivity contribution in [1.82, 2.24) is 9.88 Å². The van der Waals surface area contributed by atoms with Gasteiger partial charge < -0.3 is 5.73 Å². The highest BCUT2D eigenvalue weighted by Crippen LogP contribution is 2.40. The minimum atomic E-state index is 0.712. The van der Waals surface area contributed by atoms with E-state index in [1.54, 1.807) is 11.3 Å². The quantitative estimate of drug-likeness (QED) is 0.940. The van der Waals surface area contributed by atoms with Gasteiger partial charge in [0.05, 0.1) is 10.7 Å². The molecule has 3 rings (SSSR count). The highest BCUT2D eigenvalue weighted by molar-refractivity contribution is 7.16. The van der Waals surface area contributed by atoms with Gasteiger partial charge in [-0.05, 0) is 30.0 Å². The summed E-state index contributed by atoms with van der Waals surface area (Å²) in [6.45, 7) is 7.88. The molecule has 2 aromatic heterocycles. The van der Waals surface area contributed by atoms with Crippen LogP contribution in [0, 0.1) is 5.92 Å². The molecule has 2 aromatic rings. The molecule has 2 N–H and O–H groups in total. The van der Waals surface area contributed by atoms with E-state index in [0.717, 1.165) is 36.8 Å². The fraction of sp³-hybridized carbons (Fsp3) is 0.438. The second-order valence-electron chi connectivity index (χ2n) is 5.84. The lowest BCUT2D eigenvalue weighted by atomic mass is 9.99. The Morgan fingerprint density at radius 2 is 2.25 bits per heavy atom. The number of hydrogen-bond acceptors (Lipinski definition) is 4. The smallest absolute Gasteiger partial charge is 0.0958 e. The predicted octanol–water partition coefficient (Wildman–Crippen LogP) is 3.41. The SMILES string of the molecule is CC(C)CN1CCc2c(sc(N)c2-c2ccccn2)C1. The van der Waals surface area contributed by atoms with E-state index >= 15 is 0 Å². The molecule has 0 atom stereocenters. The van der Waals surface area contributed by atoms with Crippen LogP contribution in [0.3, 0.4) is 0 Å². The Morgan fingerprint density at radius 1 is 1.40 bits per heavy atom. The van der Waals surface area contributed by atoms with Gasteiger partial charge in [-0.3, -0.25) is 9.88 Å². The van der Waals surface area contributed by atoms with E-state index in [1.165, 1.54) is 16.0 Å². The molecule has 1 aliphatic heterocycles. The minimum Gasteiger partial charge on any atom is -0.390 e. The average Bonchev–Trinajstić information content (AvgIpc) is 2.74. The lowest BCUT2D eigenvalue weighted by molar-refractivity contribution is 0.229. The summed E-state index contributed by atoms with van der Waals surface area (Å²) < 4.78 is 0. The molecule has 4 heteroatoms. The van der Waals surface area contributed by atoms with E-state index in [1.807, 2.05) is 18.3 Å². The molecule has 0 aromatic carbocycles. The summed E-state index contributed by atoms with van der Waals surface area (Å²) in [6, 6.07) is 6.03. The van der Waals surface area contributed by atoms with Crippen molar-refractivity contribution in [1.29, 1.82) is 0 Å². The van der Waals surface area contributed by atoms with Crippen LogP contribution in [0.4, 0.5) is 5.00 Å². The summed E-state index contributed by atoms with van der Waals surface area (Å²) in [4.78, 5) is 8.43. The summed E-state index contributed by atoms with van der Waals surface area (Å²) in [7, 11) is 0. The first-order valence-electron chi connectivity index (χ1n) is 7.19. The molecule has 0 spiro atoms. The van der Waals surface area contributed by atoms with Crippen molar-refractivity contribution in [3.8, 4) is 11.3 Å². The van der Waals surface area contributed by atoms with Gasteiger partial charge in [0.2, 0.25) is 0 Å². The first kappa shape index (κ1) is 13.6. The topological polar surface area (TPSA) is 42.1 Å². The summed E-state index contributed by atoms with van der Waals surface area (Å²) in [6.07, 6.45) is 2.92. The van der Waals surface area contributed by atoms with Crippen LogP contribution in [0.1, 0.15) is 24.3 Å². The van der Waals surface area contributed by atoms with E-state index in [-0.39, 0.29) is 0 Å². The van der Waals surface area contributed by atoms with Crippen molar-refractivity contribution >= 4 is 16.3 Å². The van der Waals surface area contributed by atoms with Gasteiger partial charge in [-0.15, -0.1) is 11.3 Å². The fourth-order valence-electron chi connectivity index (χ4n) is 2.94. The Balaban J connectivity index is 1.92. The molecular formula is C16H21N3S. The molecule has 3 heterocycles. The van der Waals surface area contributed by atoms with Gasteiger partial charge in [-0.1, -0.05) is 19.9 Å². The first-order valence-corrected chi connectivity index (χ1v) is 8.00. The molecule has 0 saturated carbocycles. The van der Waals surface area contributed by atoms with Crippen molar-refractivity contribution < 1.29 is 0 Å². The largest absolute Gasteiger partial charge is 0.390 e. The molecule has 106 valence electrons. The summed E-state index contributed by atoms with van der Waals surface area (Å²) in [5, 5.41) is 0.917. The zero-order valence-corrected chi connectivity index (χ0v) is 12.9. The number of fused-ring (bicyclic) bond motifs is 1. The maximum Gasteiger partial charge on any atom is 0.0958 e. The Bertz CT molecular complexity index is 589. The number of pyridine rings is 1. The van der Waals surface area contributed by atoms with Gasteiger partial charge in [0.15, 0.2) is 0 Å². The maximum atomic E-state index is 6.26. The van der Waals surface area contributed by atoms with E-state index in [9.17, 15) is 0 Å². The number of anilines is 1. The predicted molar refractivity (Wildman–Crippen MR) is 85.8 cm³/mol. The van der Waals surface area contributed by atoms with Gasteiger partial charge in [0.1, 0.15) is 0 Å². The average molecular weight is 287 g/mol. The number of rotatable bonds is 3. The highest BCUT2D eigenvalue weighted by Gasteiger charge is 2.24. The summed E-state index contributed by atoms with van der Waals surface area (Å²) >= 11 is 1.74. The monoisotopic (exact) mass is 287 g/mol. The van der Waals surface area contributed by atoms with Crippen LogP contribution in [-0.4, -0.2) is 23.0 Å². The molecule has 0 unspecified atom stereocenters. The van der Waals surface area contributed by atoms with Gasteiger partial charge in [-0.25, -0.2) is 0 Å². The molecule has 0 amide bonds. The van der Waals surface area contributed by atoms with Gasteiger partial charge in [0, 0.05) is 36.3 Å². The molecule has 0 saturated heterocycles. The zero-order chi connectivity index (χ0) is 14.1. The molecule has 3 nitrogen and oxygen atoms in total. The first-order chi connectivity index (χ1) is 9.65. The van der Waals surface area contributed by atoms with Crippen molar-refractivity contribution in [2.75, 3.05) is 18.8 Å². The standard InChI is InChI=1S/C16H21N3S/c1-11(2)9-19-8-6-12-14(10-19)20-16(17)15(12)13-5-3-4-7-18-13/h3-5,7,11H,6,8-10,17H2,1-2H3. The lowest BCUT2D eigenvalue weighted by Crippen LogP contribution is -2.32. The third kappa shape index (κ3) is 2.58. The third-order valence-corrected chi connectivity index (χ3v) is 4.75. The lowest BCUT2D eigenvalue weighted by Gasteiger charge is -2.28. The molecular weight excluding hydrogens is 266 g/mol. The van der Waals surface area contributed by atoms with Crippen LogP contribution in [0.2, 0.25) is 0 Å². The number of nitrogens with two attached hydrogens (primary N) is 1. The van der Waals surface area contributed by atoms with Gasteiger partial charge >= 0.3 is 0 Å². The fourth-order valence-corrected chi connectivity index (χ4v) is 4.11.